The largest absolute Gasteiger partial charge is 0.335 e. The van der Waals surface area contributed by atoms with E-state index in [2.05, 4.69) is 5.10 Å². The van der Waals surface area contributed by atoms with Gasteiger partial charge < -0.3 is 4.90 Å². The number of aromatic nitrogens is 2. The third-order valence-corrected chi connectivity index (χ3v) is 4.53. The van der Waals surface area contributed by atoms with Crippen LogP contribution in [0.4, 0.5) is 5.69 Å². The molecule has 1 atom stereocenters. The van der Waals surface area contributed by atoms with Crippen LogP contribution in [0.25, 0.3) is 0 Å². The molecule has 7 nitrogen and oxygen atoms in total. The van der Waals surface area contributed by atoms with Gasteiger partial charge in [-0.25, -0.2) is 0 Å². The maximum Gasteiger partial charge on any atom is 0.269 e. The number of carbonyl (C=O) groups excluding carboxylic acids is 1. The summed E-state index contributed by atoms with van der Waals surface area (Å²) >= 11 is 0. The van der Waals surface area contributed by atoms with Crippen LogP contribution in [-0.4, -0.2) is 32.6 Å². The highest BCUT2D eigenvalue weighted by atomic mass is 16.6. The Morgan fingerprint density at radius 1 is 1.22 bits per heavy atom. The van der Waals surface area contributed by atoms with Crippen LogP contribution in [0.3, 0.4) is 0 Å². The van der Waals surface area contributed by atoms with Gasteiger partial charge in [0.05, 0.1) is 29.3 Å². The summed E-state index contributed by atoms with van der Waals surface area (Å²) in [7, 11) is 1.68. The van der Waals surface area contributed by atoms with Gasteiger partial charge in [-0.05, 0) is 18.1 Å². The molecule has 1 amide bonds. The SMILES string of the molecule is CC(c1cccc([N+](=O)[O-])c1)N(C)C(=O)c1cnn(Cc2ccccc2)c1. The fourth-order valence-corrected chi connectivity index (χ4v) is 2.83. The fourth-order valence-electron chi connectivity index (χ4n) is 2.83. The molecule has 1 heterocycles. The number of hydrogen-bond donors (Lipinski definition) is 0. The fraction of sp³-hybridized carbons (Fsp3) is 0.200. The molecule has 0 N–H and O–H groups in total. The minimum Gasteiger partial charge on any atom is -0.335 e. The molecule has 138 valence electrons. The van der Waals surface area contributed by atoms with Crippen LogP contribution in [0, 0.1) is 10.1 Å². The lowest BCUT2D eigenvalue weighted by molar-refractivity contribution is -0.384. The molecule has 1 unspecified atom stereocenters. The summed E-state index contributed by atoms with van der Waals surface area (Å²) in [6, 6.07) is 15.9. The number of nitro groups is 1. The molecule has 0 spiro atoms. The molecule has 2 aromatic carbocycles. The third kappa shape index (κ3) is 4.20. The molecule has 0 saturated heterocycles. The number of amides is 1. The van der Waals surface area contributed by atoms with Crippen molar-refractivity contribution < 1.29 is 9.72 Å². The molecule has 0 aliphatic carbocycles. The molecule has 3 rings (SSSR count). The van der Waals surface area contributed by atoms with E-state index in [9.17, 15) is 14.9 Å². The number of carbonyl (C=O) groups is 1. The lowest BCUT2D eigenvalue weighted by atomic mass is 10.1. The quantitative estimate of drug-likeness (QED) is 0.494. The molecule has 1 aromatic heterocycles. The molecule has 0 aliphatic heterocycles. The molecular weight excluding hydrogens is 344 g/mol. The Balaban J connectivity index is 1.73. The van der Waals surface area contributed by atoms with Crippen molar-refractivity contribution in [2.75, 3.05) is 7.05 Å². The summed E-state index contributed by atoms with van der Waals surface area (Å²) in [5, 5.41) is 15.2. The first kappa shape index (κ1) is 18.3. The zero-order valence-corrected chi connectivity index (χ0v) is 15.1. The highest BCUT2D eigenvalue weighted by molar-refractivity contribution is 5.93. The minimum absolute atomic E-state index is 0.0101. The molecule has 3 aromatic rings. The predicted molar refractivity (Wildman–Crippen MR) is 101 cm³/mol. The Morgan fingerprint density at radius 3 is 2.67 bits per heavy atom. The van der Waals surface area contributed by atoms with Crippen molar-refractivity contribution in [1.82, 2.24) is 14.7 Å². The van der Waals surface area contributed by atoms with Gasteiger partial charge in [0.25, 0.3) is 11.6 Å². The molecular formula is C20H20N4O3. The first-order valence-corrected chi connectivity index (χ1v) is 8.53. The van der Waals surface area contributed by atoms with Crippen LogP contribution in [0.15, 0.2) is 67.0 Å². The van der Waals surface area contributed by atoms with E-state index in [4.69, 9.17) is 0 Å². The van der Waals surface area contributed by atoms with Crippen LogP contribution < -0.4 is 0 Å². The first-order valence-electron chi connectivity index (χ1n) is 8.53. The van der Waals surface area contributed by atoms with Crippen molar-refractivity contribution in [3.63, 3.8) is 0 Å². The summed E-state index contributed by atoms with van der Waals surface area (Å²) in [6.07, 6.45) is 3.26. The Morgan fingerprint density at radius 2 is 1.96 bits per heavy atom. The molecule has 0 saturated carbocycles. The second kappa shape index (κ2) is 7.82. The number of non-ortho nitro benzene ring substituents is 1. The van der Waals surface area contributed by atoms with Crippen molar-refractivity contribution >= 4 is 11.6 Å². The van der Waals surface area contributed by atoms with Crippen LogP contribution in [0.2, 0.25) is 0 Å². The van der Waals surface area contributed by atoms with Crippen LogP contribution >= 0.6 is 0 Å². The van der Waals surface area contributed by atoms with Gasteiger partial charge in [-0.2, -0.15) is 5.10 Å². The monoisotopic (exact) mass is 364 g/mol. The van der Waals surface area contributed by atoms with Crippen molar-refractivity contribution in [2.24, 2.45) is 0 Å². The van der Waals surface area contributed by atoms with Gasteiger partial charge in [0, 0.05) is 25.4 Å². The Labute approximate surface area is 157 Å². The second-order valence-corrected chi connectivity index (χ2v) is 6.36. The summed E-state index contributed by atoms with van der Waals surface area (Å²) in [5.41, 5.74) is 2.29. The van der Waals surface area contributed by atoms with Gasteiger partial charge >= 0.3 is 0 Å². The average Bonchev–Trinajstić information content (AvgIpc) is 3.15. The van der Waals surface area contributed by atoms with Crippen molar-refractivity contribution in [3.05, 3.63) is 93.8 Å². The van der Waals surface area contributed by atoms with Gasteiger partial charge in [-0.1, -0.05) is 42.5 Å². The molecule has 27 heavy (non-hydrogen) atoms. The third-order valence-electron chi connectivity index (χ3n) is 4.53. The number of benzene rings is 2. The summed E-state index contributed by atoms with van der Waals surface area (Å²) in [4.78, 5) is 24.9. The zero-order chi connectivity index (χ0) is 19.4. The molecule has 0 fully saturated rings. The van der Waals surface area contributed by atoms with Crippen LogP contribution in [0.1, 0.15) is 34.5 Å². The smallest absolute Gasteiger partial charge is 0.269 e. The summed E-state index contributed by atoms with van der Waals surface area (Å²) in [6.45, 7) is 2.42. The second-order valence-electron chi connectivity index (χ2n) is 6.36. The van der Waals surface area contributed by atoms with Gasteiger partial charge in [0.15, 0.2) is 0 Å². The maximum absolute atomic E-state index is 12.8. The Hall–Kier alpha value is -3.48. The lowest BCUT2D eigenvalue weighted by Gasteiger charge is -2.24. The minimum atomic E-state index is -0.439. The summed E-state index contributed by atoms with van der Waals surface area (Å²) in [5.74, 6) is -0.187. The van der Waals surface area contributed by atoms with E-state index < -0.39 is 4.92 Å². The van der Waals surface area contributed by atoms with E-state index in [1.165, 1.54) is 12.1 Å². The van der Waals surface area contributed by atoms with Crippen LogP contribution in [-0.2, 0) is 6.54 Å². The maximum atomic E-state index is 12.8. The van der Waals surface area contributed by atoms with E-state index in [-0.39, 0.29) is 17.6 Å². The Bertz CT molecular complexity index is 953. The molecule has 7 heteroatoms. The van der Waals surface area contributed by atoms with E-state index in [1.54, 1.807) is 41.2 Å². The van der Waals surface area contributed by atoms with Crippen molar-refractivity contribution in [1.29, 1.82) is 0 Å². The summed E-state index contributed by atoms with van der Waals surface area (Å²) < 4.78 is 1.72. The zero-order valence-electron chi connectivity index (χ0n) is 15.1. The number of nitro benzene ring substituents is 1. The van der Waals surface area contributed by atoms with E-state index in [0.717, 1.165) is 5.56 Å². The number of nitrogens with zero attached hydrogens (tertiary/aromatic N) is 4. The number of hydrogen-bond acceptors (Lipinski definition) is 4. The highest BCUT2D eigenvalue weighted by Crippen LogP contribution is 2.24. The van der Waals surface area contributed by atoms with E-state index >= 15 is 0 Å². The van der Waals surface area contributed by atoms with Crippen LogP contribution in [0.5, 0.6) is 0 Å². The van der Waals surface area contributed by atoms with Gasteiger partial charge in [-0.15, -0.1) is 0 Å². The van der Waals surface area contributed by atoms with Gasteiger partial charge in [-0.3, -0.25) is 19.6 Å². The van der Waals surface area contributed by atoms with Gasteiger partial charge in [0.2, 0.25) is 0 Å². The lowest BCUT2D eigenvalue weighted by Crippen LogP contribution is -2.29. The standard InChI is InChI=1S/C20H20N4O3/c1-15(17-9-6-10-19(11-17)24(26)27)22(2)20(25)18-12-21-23(14-18)13-16-7-4-3-5-8-16/h3-12,14-15H,13H2,1-2H3. The topological polar surface area (TPSA) is 81.3 Å². The molecule has 0 radical (unpaired) electrons. The van der Waals surface area contributed by atoms with Gasteiger partial charge in [0.1, 0.15) is 0 Å². The van der Waals surface area contributed by atoms with Crippen molar-refractivity contribution in [2.45, 2.75) is 19.5 Å². The first-order chi connectivity index (χ1) is 13.0. The number of rotatable bonds is 6. The van der Waals surface area contributed by atoms with Crippen molar-refractivity contribution in [3.8, 4) is 0 Å². The molecule has 0 aliphatic rings. The Kier molecular flexibility index (Phi) is 5.30. The molecule has 0 bridgehead atoms. The van der Waals surface area contributed by atoms with E-state index in [1.807, 2.05) is 37.3 Å². The predicted octanol–water partition coefficient (Wildman–Crippen LogP) is 3.67. The average molecular weight is 364 g/mol. The normalized spacial score (nSPS) is 11.8. The van der Waals surface area contributed by atoms with E-state index in [0.29, 0.717) is 17.7 Å². The highest BCUT2D eigenvalue weighted by Gasteiger charge is 2.21.